The van der Waals surface area contributed by atoms with Crippen molar-refractivity contribution in [3.63, 3.8) is 0 Å². The van der Waals surface area contributed by atoms with E-state index in [1.165, 1.54) is 6.92 Å². The zero-order valence-corrected chi connectivity index (χ0v) is 36.8. The lowest BCUT2D eigenvalue weighted by Gasteiger charge is -2.70. The molecule has 0 heterocycles. The zero-order chi connectivity index (χ0) is 45.6. The molecule has 1 aromatic carbocycles. The number of aliphatic carboxylic acids is 1. The molecule has 2 spiro atoms. The first-order valence-electron chi connectivity index (χ1n) is 22.5. The first kappa shape index (κ1) is 43.6. The van der Waals surface area contributed by atoms with E-state index in [-0.39, 0.29) is 86.5 Å². The Labute approximate surface area is 368 Å². The number of carboxylic acids is 1. The summed E-state index contributed by atoms with van der Waals surface area (Å²) in [5.41, 5.74) is 0.234. The Morgan fingerprint density at radius 1 is 0.968 bits per heavy atom. The van der Waals surface area contributed by atoms with Crippen LogP contribution >= 0.6 is 0 Å². The van der Waals surface area contributed by atoms with Crippen molar-refractivity contribution in [2.75, 3.05) is 0 Å². The van der Waals surface area contributed by atoms with Crippen LogP contribution in [0.3, 0.4) is 0 Å². The van der Waals surface area contributed by atoms with Gasteiger partial charge in [0.1, 0.15) is 28.6 Å². The number of carboxylic acid groups (broad SMARTS) is 1. The summed E-state index contributed by atoms with van der Waals surface area (Å²) >= 11 is 0. The number of guanidine groups is 1. The van der Waals surface area contributed by atoms with Gasteiger partial charge in [0.25, 0.3) is 0 Å². The third-order valence-electron chi connectivity index (χ3n) is 18.4. The number of rotatable bonds is 6. The average molecular weight is 860 g/mol. The van der Waals surface area contributed by atoms with Crippen LogP contribution in [0.5, 0.6) is 0 Å². The third kappa shape index (κ3) is 5.17. The number of nitrogens with zero attached hydrogens (tertiary/aromatic N) is 1. The number of benzene rings is 1. The van der Waals surface area contributed by atoms with E-state index in [4.69, 9.17) is 11.5 Å². The van der Waals surface area contributed by atoms with Gasteiger partial charge < -0.3 is 42.1 Å². The van der Waals surface area contributed by atoms with Gasteiger partial charge in [0.05, 0.1) is 11.7 Å². The van der Waals surface area contributed by atoms with E-state index in [1.54, 1.807) is 25.2 Å². The number of hydrogen-bond acceptors (Lipinski definition) is 9. The van der Waals surface area contributed by atoms with Crippen molar-refractivity contribution in [3.8, 4) is 11.8 Å². The molecule has 9 rings (SSSR count). The highest BCUT2D eigenvalue weighted by molar-refractivity contribution is 6.02. The number of ketones is 2. The maximum atomic E-state index is 15.8. The molecule has 8 aliphatic rings. The fourth-order valence-electron chi connectivity index (χ4n) is 15.7. The van der Waals surface area contributed by atoms with E-state index in [0.29, 0.717) is 17.6 Å². The van der Waals surface area contributed by atoms with Crippen molar-refractivity contribution >= 4 is 29.6 Å². The number of nitrogens with two attached hydrogens (primary N) is 2. The molecule has 0 aliphatic heterocycles. The lowest BCUT2D eigenvalue weighted by atomic mass is 9.33. The number of carbonyl (C=O) groups excluding carboxylic acids is 2. The van der Waals surface area contributed by atoms with Crippen molar-refractivity contribution in [2.45, 2.75) is 133 Å². The number of carbonyl (C=O) groups is 3. The fraction of sp³-hybridized carbons (Fsp3) is 0.569. The molecular weight excluding hydrogens is 799 g/mol. The van der Waals surface area contributed by atoms with Crippen LogP contribution in [-0.4, -0.2) is 88.7 Å². The topological polar surface area (TPSA) is 237 Å². The second kappa shape index (κ2) is 13.7. The van der Waals surface area contributed by atoms with Crippen LogP contribution in [0.15, 0.2) is 88.0 Å². The largest absolute Gasteiger partial charge is 0.478 e. The van der Waals surface area contributed by atoms with Crippen molar-refractivity contribution in [3.05, 3.63) is 88.6 Å². The Bertz CT molecular complexity index is 2470. The van der Waals surface area contributed by atoms with E-state index in [0.717, 1.165) is 5.56 Å². The predicted molar refractivity (Wildman–Crippen MR) is 236 cm³/mol. The minimum atomic E-state index is -2.32. The van der Waals surface area contributed by atoms with Crippen LogP contribution < -0.4 is 11.5 Å². The molecule has 0 amide bonds. The molecule has 3 fully saturated rings. The van der Waals surface area contributed by atoms with Gasteiger partial charge in [-0.3, -0.25) is 9.59 Å². The SMILES string of the molecule is CC(O)CC(C(=O)O)=C1CCC2(N=C(N)N)C=CC3(CC4(O)C=CC5(O)C6=C7C(=O)CC3(C)C64CCC#CCC3(C)C(=O)CCC7(C)C3C5C=Cc3ccccc3)C(C)C2(O)C1O. The Morgan fingerprint density at radius 2 is 1.68 bits per heavy atom. The third-order valence-corrected chi connectivity index (χ3v) is 18.4. The highest BCUT2D eigenvalue weighted by Crippen LogP contribution is 2.84. The minimum absolute atomic E-state index is 0.00353. The van der Waals surface area contributed by atoms with E-state index in [1.807, 2.05) is 62.4 Å². The number of aliphatic imine (C=N–C) groups is 1. The molecule has 12 heteroatoms. The van der Waals surface area contributed by atoms with Crippen molar-refractivity contribution in [1.29, 1.82) is 0 Å². The van der Waals surface area contributed by atoms with E-state index in [9.17, 15) is 40.2 Å². The first-order chi connectivity index (χ1) is 29.5. The van der Waals surface area contributed by atoms with Gasteiger partial charge >= 0.3 is 5.97 Å². The summed E-state index contributed by atoms with van der Waals surface area (Å²) in [6.07, 6.45) is 8.81. The predicted octanol–water partition coefficient (Wildman–Crippen LogP) is 4.45. The van der Waals surface area contributed by atoms with Gasteiger partial charge in [-0.2, -0.15) is 0 Å². The van der Waals surface area contributed by atoms with E-state index < -0.39 is 85.3 Å². The van der Waals surface area contributed by atoms with Crippen molar-refractivity contribution in [1.82, 2.24) is 0 Å². The number of hydrogen-bond donors (Lipinski definition) is 8. The fourth-order valence-corrected chi connectivity index (χ4v) is 15.7. The maximum absolute atomic E-state index is 15.8. The molecular formula is C51H61N3O9. The molecule has 63 heavy (non-hydrogen) atoms. The second-order valence-corrected chi connectivity index (χ2v) is 21.1. The Kier molecular flexibility index (Phi) is 9.48. The summed E-state index contributed by atoms with van der Waals surface area (Å²) in [5.74, 6) is 2.50. The monoisotopic (exact) mass is 859 g/mol. The molecule has 14 unspecified atom stereocenters. The first-order valence-corrected chi connectivity index (χ1v) is 22.5. The number of fused-ring (bicyclic) bond motifs is 3. The lowest BCUT2D eigenvalue weighted by Crippen LogP contribution is -2.74. The summed E-state index contributed by atoms with van der Waals surface area (Å²) < 4.78 is 0. The molecule has 12 nitrogen and oxygen atoms in total. The molecule has 14 atom stereocenters. The van der Waals surface area contributed by atoms with Gasteiger partial charge in [-0.25, -0.2) is 9.79 Å². The lowest BCUT2D eigenvalue weighted by molar-refractivity contribution is -0.200. The summed E-state index contributed by atoms with van der Waals surface area (Å²) in [6.45, 7) is 9.16. The minimum Gasteiger partial charge on any atom is -0.478 e. The Morgan fingerprint density at radius 3 is 2.35 bits per heavy atom. The van der Waals surface area contributed by atoms with Crippen LogP contribution in [0.4, 0.5) is 0 Å². The standard InChI is InChI=1S/C51H61N3O9/c1-29(55)26-33(41(59)60)32-16-21-47(54-42(52)53)23-22-46(30(2)51(47,63)40(32)58)28-48(61)24-25-49(62)34(15-14-31-12-8-6-9-13-31)38-43(3)18-10-7-11-19-50(48)39(49)37(35(56)27-45(46,50)5)44(38,4)20-17-36(43)57/h6,8-9,12-15,22-25,29-30,34,38,40,55,58,61-63H,11,16-21,26-28H2,1-5H3,(H,59,60)(H4,52,53,54). The van der Waals surface area contributed by atoms with Crippen LogP contribution in [0, 0.1) is 56.7 Å². The number of aliphatic hydroxyl groups is 5. The van der Waals surface area contributed by atoms with Gasteiger partial charge in [-0.15, -0.1) is 11.8 Å². The molecule has 0 radical (unpaired) electrons. The summed E-state index contributed by atoms with van der Waals surface area (Å²) in [4.78, 5) is 47.6. The Hall–Kier alpha value is -4.64. The summed E-state index contributed by atoms with van der Waals surface area (Å²) in [6, 6.07) is 9.71. The second-order valence-electron chi connectivity index (χ2n) is 21.1. The number of allylic oxidation sites excluding steroid dienone is 2. The normalized spacial score (nSPS) is 46.8. The van der Waals surface area contributed by atoms with Crippen LogP contribution in [-0.2, 0) is 14.4 Å². The van der Waals surface area contributed by atoms with Gasteiger partial charge in [-0.1, -0.05) is 88.4 Å². The van der Waals surface area contributed by atoms with Gasteiger partial charge in [0.2, 0.25) is 0 Å². The number of aliphatic hydroxyl groups excluding tert-OH is 2. The smallest absolute Gasteiger partial charge is 0.331 e. The highest BCUT2D eigenvalue weighted by atomic mass is 16.4. The maximum Gasteiger partial charge on any atom is 0.331 e. The molecule has 0 aromatic heterocycles. The average Bonchev–Trinajstić information content (AvgIpc) is 3.37. The quantitative estimate of drug-likeness (QED) is 0.0654. The van der Waals surface area contributed by atoms with Crippen LogP contribution in [0.2, 0.25) is 0 Å². The van der Waals surface area contributed by atoms with Gasteiger partial charge in [0.15, 0.2) is 11.7 Å². The Balaban J connectivity index is 1.35. The van der Waals surface area contributed by atoms with E-state index in [2.05, 4.69) is 23.8 Å². The van der Waals surface area contributed by atoms with Gasteiger partial charge in [0, 0.05) is 76.7 Å². The molecule has 0 saturated heterocycles. The highest BCUT2D eigenvalue weighted by Gasteiger charge is 2.85. The van der Waals surface area contributed by atoms with Crippen LogP contribution in [0.25, 0.3) is 6.08 Å². The molecule has 4 bridgehead atoms. The van der Waals surface area contributed by atoms with Crippen molar-refractivity contribution < 1.29 is 45.0 Å². The molecule has 10 N–H and O–H groups in total. The van der Waals surface area contributed by atoms with Gasteiger partial charge in [-0.05, 0) is 73.1 Å². The van der Waals surface area contributed by atoms with E-state index >= 15 is 4.79 Å². The summed E-state index contributed by atoms with van der Waals surface area (Å²) in [7, 11) is 0. The number of Topliss-reactive ketones (excluding diaryl/α,β-unsaturated/α-hetero) is 2. The molecule has 3 saturated carbocycles. The summed E-state index contributed by atoms with van der Waals surface area (Å²) in [5, 5.41) is 74.9. The zero-order valence-electron chi connectivity index (χ0n) is 36.8. The van der Waals surface area contributed by atoms with Crippen LogP contribution in [0.1, 0.15) is 104 Å². The molecule has 334 valence electrons. The van der Waals surface area contributed by atoms with Crippen molar-refractivity contribution in [2.24, 2.45) is 61.3 Å². The molecule has 1 aromatic rings. The molecule has 8 aliphatic carbocycles.